The Bertz CT molecular complexity index is 675. The standard InChI is InChI=1S/C15H16N2O3S/c1-9(8-12(19)20-3)14-13(17-15(16-2)21-14)10-4-6-11(18)7-5-10/h4-8,18H,1-3H3,(H,16,17)/b9-8+. The summed E-state index contributed by atoms with van der Waals surface area (Å²) in [4.78, 5) is 16.8. The molecule has 0 bridgehead atoms. The van der Waals surface area contributed by atoms with Gasteiger partial charge in [-0.15, -0.1) is 0 Å². The summed E-state index contributed by atoms with van der Waals surface area (Å²) >= 11 is 1.46. The Morgan fingerprint density at radius 3 is 2.62 bits per heavy atom. The number of aromatic nitrogens is 1. The molecule has 1 heterocycles. The van der Waals surface area contributed by atoms with Crippen LogP contribution < -0.4 is 5.32 Å². The van der Waals surface area contributed by atoms with E-state index in [1.807, 2.05) is 6.92 Å². The van der Waals surface area contributed by atoms with Crippen LogP contribution in [0.4, 0.5) is 5.13 Å². The lowest BCUT2D eigenvalue weighted by atomic mass is 10.1. The fourth-order valence-electron chi connectivity index (χ4n) is 1.81. The molecule has 0 aliphatic heterocycles. The van der Waals surface area contributed by atoms with Gasteiger partial charge in [0.2, 0.25) is 0 Å². The number of allylic oxidation sites excluding steroid dienone is 1. The lowest BCUT2D eigenvalue weighted by Gasteiger charge is -2.03. The number of nitrogens with zero attached hydrogens (tertiary/aromatic N) is 1. The average Bonchev–Trinajstić information content (AvgIpc) is 2.92. The van der Waals surface area contributed by atoms with E-state index in [1.54, 1.807) is 31.3 Å². The molecule has 5 nitrogen and oxygen atoms in total. The second-order valence-corrected chi connectivity index (χ2v) is 5.34. The third-order valence-corrected chi connectivity index (χ3v) is 4.08. The maximum absolute atomic E-state index is 11.4. The van der Waals surface area contributed by atoms with Gasteiger partial charge >= 0.3 is 5.97 Å². The number of methoxy groups -OCH3 is 1. The molecule has 0 aliphatic rings. The Hall–Kier alpha value is -2.34. The zero-order valence-electron chi connectivity index (χ0n) is 12.0. The van der Waals surface area contributed by atoms with E-state index in [0.29, 0.717) is 0 Å². The number of carbonyl (C=O) groups excluding carboxylic acids is 1. The van der Waals surface area contributed by atoms with Crippen molar-refractivity contribution in [3.05, 3.63) is 35.2 Å². The van der Waals surface area contributed by atoms with Crippen LogP contribution in [0, 0.1) is 0 Å². The van der Waals surface area contributed by atoms with Crippen molar-refractivity contribution in [1.29, 1.82) is 0 Å². The average molecular weight is 304 g/mol. The fourth-order valence-corrected chi connectivity index (χ4v) is 2.72. The summed E-state index contributed by atoms with van der Waals surface area (Å²) in [5.41, 5.74) is 2.42. The van der Waals surface area contributed by atoms with E-state index < -0.39 is 5.97 Å². The number of rotatable bonds is 4. The summed E-state index contributed by atoms with van der Waals surface area (Å²) in [6.07, 6.45) is 1.44. The van der Waals surface area contributed by atoms with Crippen LogP contribution in [0.25, 0.3) is 16.8 Å². The van der Waals surface area contributed by atoms with Gasteiger partial charge in [0, 0.05) is 18.7 Å². The van der Waals surface area contributed by atoms with E-state index in [0.717, 1.165) is 26.8 Å². The van der Waals surface area contributed by atoms with Crippen LogP contribution in [-0.2, 0) is 9.53 Å². The summed E-state index contributed by atoms with van der Waals surface area (Å²) in [6, 6.07) is 6.80. The summed E-state index contributed by atoms with van der Waals surface area (Å²) in [5, 5.41) is 13.1. The smallest absolute Gasteiger partial charge is 0.330 e. The third-order valence-electron chi connectivity index (χ3n) is 2.88. The normalized spacial score (nSPS) is 11.3. The van der Waals surface area contributed by atoms with Crippen LogP contribution in [0.15, 0.2) is 30.3 Å². The number of esters is 1. The molecule has 6 heteroatoms. The minimum atomic E-state index is -0.399. The van der Waals surface area contributed by atoms with Gasteiger partial charge in [0.05, 0.1) is 17.7 Å². The lowest BCUT2D eigenvalue weighted by molar-refractivity contribution is -0.134. The molecular formula is C15H16N2O3S. The first-order valence-electron chi connectivity index (χ1n) is 6.29. The largest absolute Gasteiger partial charge is 0.508 e. The van der Waals surface area contributed by atoms with Gasteiger partial charge in [-0.05, 0) is 36.8 Å². The summed E-state index contributed by atoms with van der Waals surface area (Å²) in [6.45, 7) is 1.84. The predicted octanol–water partition coefficient (Wildman–Crippen LogP) is 3.13. The van der Waals surface area contributed by atoms with Crippen LogP contribution in [0.2, 0.25) is 0 Å². The summed E-state index contributed by atoms with van der Waals surface area (Å²) in [5.74, 6) is -0.199. The first kappa shape index (κ1) is 15.1. The quantitative estimate of drug-likeness (QED) is 0.670. The number of hydrogen-bond acceptors (Lipinski definition) is 6. The highest BCUT2D eigenvalue weighted by molar-refractivity contribution is 7.17. The number of phenols is 1. The number of thiazole rings is 1. The summed E-state index contributed by atoms with van der Waals surface area (Å²) in [7, 11) is 3.14. The molecule has 0 unspecified atom stereocenters. The number of aromatic hydroxyl groups is 1. The van der Waals surface area contributed by atoms with Crippen molar-refractivity contribution < 1.29 is 14.6 Å². The number of phenolic OH excluding ortho intramolecular Hbond substituents is 1. The van der Waals surface area contributed by atoms with Crippen LogP contribution in [0.5, 0.6) is 5.75 Å². The molecule has 2 aromatic rings. The molecule has 0 aliphatic carbocycles. The predicted molar refractivity (Wildman–Crippen MR) is 84.4 cm³/mol. The number of ether oxygens (including phenoxy) is 1. The molecule has 0 saturated heterocycles. The molecule has 2 N–H and O–H groups in total. The highest BCUT2D eigenvalue weighted by Crippen LogP contribution is 2.36. The third kappa shape index (κ3) is 3.41. The van der Waals surface area contributed by atoms with Gasteiger partial charge in [0.25, 0.3) is 0 Å². The van der Waals surface area contributed by atoms with Crippen LogP contribution in [0.3, 0.4) is 0 Å². The minimum Gasteiger partial charge on any atom is -0.508 e. The fraction of sp³-hybridized carbons (Fsp3) is 0.200. The molecule has 1 aromatic carbocycles. The van der Waals surface area contributed by atoms with Gasteiger partial charge in [0.1, 0.15) is 5.75 Å². The maximum Gasteiger partial charge on any atom is 0.330 e. The Kier molecular flexibility index (Phi) is 4.59. The lowest BCUT2D eigenvalue weighted by Crippen LogP contribution is -1.95. The van der Waals surface area contributed by atoms with E-state index in [9.17, 15) is 9.90 Å². The highest BCUT2D eigenvalue weighted by Gasteiger charge is 2.15. The topological polar surface area (TPSA) is 71.5 Å². The molecule has 110 valence electrons. The van der Waals surface area contributed by atoms with E-state index in [-0.39, 0.29) is 5.75 Å². The number of benzene rings is 1. The van der Waals surface area contributed by atoms with Gasteiger partial charge in [-0.3, -0.25) is 0 Å². The van der Waals surface area contributed by atoms with Crippen LogP contribution in [-0.4, -0.2) is 30.2 Å². The highest BCUT2D eigenvalue weighted by atomic mass is 32.1. The van der Waals surface area contributed by atoms with Crippen LogP contribution >= 0.6 is 11.3 Å². The summed E-state index contributed by atoms with van der Waals surface area (Å²) < 4.78 is 4.66. The molecule has 0 fully saturated rings. The van der Waals surface area contributed by atoms with Crippen molar-refractivity contribution in [1.82, 2.24) is 4.98 Å². The second-order valence-electron chi connectivity index (χ2n) is 4.34. The van der Waals surface area contributed by atoms with Crippen molar-refractivity contribution in [3.63, 3.8) is 0 Å². The zero-order valence-corrected chi connectivity index (χ0v) is 12.8. The van der Waals surface area contributed by atoms with Crippen molar-refractivity contribution >= 4 is 28.0 Å². The first-order chi connectivity index (χ1) is 10.0. The Morgan fingerprint density at radius 2 is 2.05 bits per heavy atom. The molecule has 0 atom stereocenters. The molecule has 21 heavy (non-hydrogen) atoms. The van der Waals surface area contributed by atoms with Crippen molar-refractivity contribution in [3.8, 4) is 17.0 Å². The van der Waals surface area contributed by atoms with Crippen molar-refractivity contribution in [2.75, 3.05) is 19.5 Å². The van der Waals surface area contributed by atoms with Crippen molar-refractivity contribution in [2.24, 2.45) is 0 Å². The van der Waals surface area contributed by atoms with Gasteiger partial charge in [-0.25, -0.2) is 9.78 Å². The van der Waals surface area contributed by atoms with Gasteiger partial charge in [-0.1, -0.05) is 11.3 Å². The molecule has 0 amide bonds. The Balaban J connectivity index is 2.50. The molecule has 0 radical (unpaired) electrons. The van der Waals surface area contributed by atoms with E-state index in [4.69, 9.17) is 0 Å². The van der Waals surface area contributed by atoms with Gasteiger partial charge in [0.15, 0.2) is 5.13 Å². The molecular weight excluding hydrogens is 288 g/mol. The number of hydrogen-bond donors (Lipinski definition) is 2. The zero-order chi connectivity index (χ0) is 15.4. The monoisotopic (exact) mass is 304 g/mol. The number of nitrogens with one attached hydrogen (secondary N) is 1. The first-order valence-corrected chi connectivity index (χ1v) is 7.11. The van der Waals surface area contributed by atoms with E-state index in [2.05, 4.69) is 15.0 Å². The minimum absolute atomic E-state index is 0.200. The van der Waals surface area contributed by atoms with Crippen LogP contribution in [0.1, 0.15) is 11.8 Å². The van der Waals surface area contributed by atoms with Gasteiger partial charge in [-0.2, -0.15) is 0 Å². The molecule has 1 aromatic heterocycles. The SMILES string of the molecule is CNc1nc(-c2ccc(O)cc2)c(/C(C)=C/C(=O)OC)s1. The maximum atomic E-state index is 11.4. The Morgan fingerprint density at radius 1 is 1.38 bits per heavy atom. The van der Waals surface area contributed by atoms with E-state index >= 15 is 0 Å². The second kappa shape index (κ2) is 6.41. The number of anilines is 1. The molecule has 2 rings (SSSR count). The molecule has 0 saturated carbocycles. The van der Waals surface area contributed by atoms with Crippen molar-refractivity contribution in [2.45, 2.75) is 6.92 Å². The Labute approximate surface area is 126 Å². The number of carbonyl (C=O) groups is 1. The molecule has 0 spiro atoms. The van der Waals surface area contributed by atoms with Gasteiger partial charge < -0.3 is 15.2 Å². The van der Waals surface area contributed by atoms with E-state index in [1.165, 1.54) is 24.5 Å².